The zero-order valence-corrected chi connectivity index (χ0v) is 15.2. The quantitative estimate of drug-likeness (QED) is 0.721. The van der Waals surface area contributed by atoms with E-state index in [4.69, 9.17) is 4.74 Å². The van der Waals surface area contributed by atoms with Crippen molar-refractivity contribution in [1.82, 2.24) is 10.2 Å². The van der Waals surface area contributed by atoms with Gasteiger partial charge in [-0.3, -0.25) is 4.79 Å². The van der Waals surface area contributed by atoms with E-state index in [0.29, 0.717) is 18.7 Å². The van der Waals surface area contributed by atoms with Crippen LogP contribution in [0, 0.1) is 0 Å². The number of amides is 2. The molecule has 3 rings (SSSR count). The maximum Gasteiger partial charge on any atom is 0.417 e. The molecule has 1 N–H and O–H groups in total. The molecular formula is C19H19BrN2O3. The van der Waals surface area contributed by atoms with Crippen molar-refractivity contribution in [2.75, 3.05) is 19.6 Å². The number of cyclic esters (lactones) is 1. The summed E-state index contributed by atoms with van der Waals surface area (Å²) in [7, 11) is 0. The minimum absolute atomic E-state index is 0.305. The molecule has 1 heterocycles. The highest BCUT2D eigenvalue weighted by Crippen LogP contribution is 2.28. The van der Waals surface area contributed by atoms with Crippen LogP contribution < -0.4 is 5.32 Å². The largest absolute Gasteiger partial charge is 0.431 e. The van der Waals surface area contributed by atoms with Crippen molar-refractivity contribution in [3.05, 3.63) is 70.2 Å². The zero-order valence-electron chi connectivity index (χ0n) is 13.7. The Morgan fingerprint density at radius 3 is 2.44 bits per heavy atom. The normalized spacial score (nSPS) is 17.0. The summed E-state index contributed by atoms with van der Waals surface area (Å²) in [6, 6.07) is 17.4. The first-order valence-electron chi connectivity index (χ1n) is 8.17. The minimum Gasteiger partial charge on any atom is -0.431 e. The van der Waals surface area contributed by atoms with Crippen LogP contribution in [0.4, 0.5) is 4.79 Å². The van der Waals surface area contributed by atoms with Gasteiger partial charge in [-0.2, -0.15) is 0 Å². The summed E-state index contributed by atoms with van der Waals surface area (Å²) in [5.41, 5.74) is 1.93. The van der Waals surface area contributed by atoms with Crippen molar-refractivity contribution in [2.24, 2.45) is 0 Å². The number of nitrogens with zero attached hydrogens (tertiary/aromatic N) is 1. The van der Waals surface area contributed by atoms with Crippen LogP contribution in [0.5, 0.6) is 0 Å². The lowest BCUT2D eigenvalue weighted by molar-refractivity contribution is -0.129. The van der Waals surface area contributed by atoms with Crippen molar-refractivity contribution >= 4 is 27.9 Å². The molecule has 0 saturated carbocycles. The Morgan fingerprint density at radius 2 is 1.72 bits per heavy atom. The summed E-state index contributed by atoms with van der Waals surface area (Å²) in [4.78, 5) is 25.6. The van der Waals surface area contributed by atoms with Crippen molar-refractivity contribution in [1.29, 1.82) is 0 Å². The molecule has 1 atom stereocenters. The second-order valence-electron chi connectivity index (χ2n) is 5.79. The number of benzene rings is 2. The first kappa shape index (κ1) is 17.6. The van der Waals surface area contributed by atoms with E-state index in [1.807, 2.05) is 30.3 Å². The molecule has 25 heavy (non-hydrogen) atoms. The molecular weight excluding hydrogens is 384 g/mol. The number of carbonyl (C=O) groups is 2. The third-order valence-corrected chi connectivity index (χ3v) is 4.58. The summed E-state index contributed by atoms with van der Waals surface area (Å²) in [5, 5.41) is 3.26. The molecule has 1 unspecified atom stereocenters. The van der Waals surface area contributed by atoms with Crippen LogP contribution in [0.1, 0.15) is 17.2 Å². The van der Waals surface area contributed by atoms with Crippen molar-refractivity contribution in [3.63, 3.8) is 0 Å². The molecule has 1 fully saturated rings. The second-order valence-corrected chi connectivity index (χ2v) is 6.71. The van der Waals surface area contributed by atoms with Gasteiger partial charge < -0.3 is 10.1 Å². The fourth-order valence-corrected chi connectivity index (χ4v) is 2.95. The van der Waals surface area contributed by atoms with Gasteiger partial charge in [0.15, 0.2) is 0 Å². The molecule has 0 spiro atoms. The molecule has 0 aliphatic carbocycles. The van der Waals surface area contributed by atoms with Gasteiger partial charge in [0, 0.05) is 23.1 Å². The highest BCUT2D eigenvalue weighted by Gasteiger charge is 2.41. The van der Waals surface area contributed by atoms with E-state index >= 15 is 0 Å². The zero-order chi connectivity index (χ0) is 17.6. The van der Waals surface area contributed by atoms with Crippen LogP contribution in [0.2, 0.25) is 0 Å². The third kappa shape index (κ3) is 4.46. The number of nitrogens with one attached hydrogen (secondary N) is 1. The fraction of sp³-hybridized carbons (Fsp3) is 0.263. The van der Waals surface area contributed by atoms with Crippen LogP contribution in [0.3, 0.4) is 0 Å². The van der Waals surface area contributed by atoms with E-state index in [1.165, 1.54) is 10.5 Å². The Labute approximate surface area is 155 Å². The van der Waals surface area contributed by atoms with Gasteiger partial charge >= 0.3 is 6.09 Å². The van der Waals surface area contributed by atoms with E-state index in [9.17, 15) is 9.59 Å². The van der Waals surface area contributed by atoms with Crippen molar-refractivity contribution in [3.8, 4) is 0 Å². The summed E-state index contributed by atoms with van der Waals surface area (Å²) < 4.78 is 6.14. The number of hydrogen-bond donors (Lipinski definition) is 1. The smallest absolute Gasteiger partial charge is 0.417 e. The highest BCUT2D eigenvalue weighted by molar-refractivity contribution is 9.10. The molecule has 1 aliphatic rings. The maximum absolute atomic E-state index is 12.4. The number of carbonyl (C=O) groups excluding carboxylic acids is 2. The first-order valence-corrected chi connectivity index (χ1v) is 8.96. The summed E-state index contributed by atoms with van der Waals surface area (Å²) in [5.74, 6) is -0.308. The lowest BCUT2D eigenvalue weighted by Gasteiger charge is -2.12. The van der Waals surface area contributed by atoms with Gasteiger partial charge in [-0.15, -0.1) is 0 Å². The fourth-order valence-electron chi connectivity index (χ4n) is 2.69. The minimum atomic E-state index is -0.843. The molecule has 1 aliphatic heterocycles. The Bertz CT molecular complexity index is 734. The van der Waals surface area contributed by atoms with Gasteiger partial charge in [0.2, 0.25) is 6.10 Å². The number of hydrogen-bond acceptors (Lipinski definition) is 4. The highest BCUT2D eigenvalue weighted by atomic mass is 79.9. The second kappa shape index (κ2) is 8.27. The van der Waals surface area contributed by atoms with E-state index < -0.39 is 12.2 Å². The predicted molar refractivity (Wildman–Crippen MR) is 98.1 cm³/mol. The Morgan fingerprint density at radius 1 is 1.00 bits per heavy atom. The maximum atomic E-state index is 12.4. The molecule has 2 amide bonds. The monoisotopic (exact) mass is 402 g/mol. The standard InChI is InChI=1S/C19H19BrN2O3/c20-16-8-6-15(7-9-16)17-18(23)22(19(24)25-17)13-12-21-11-10-14-4-2-1-3-5-14/h1-9,17,21H,10-13H2. The summed E-state index contributed by atoms with van der Waals surface area (Å²) in [6.45, 7) is 1.64. The van der Waals surface area contributed by atoms with Crippen LogP contribution in [0.25, 0.3) is 0 Å². The number of ether oxygens (including phenoxy) is 1. The van der Waals surface area contributed by atoms with Gasteiger partial charge in [-0.05, 0) is 30.7 Å². The van der Waals surface area contributed by atoms with Crippen molar-refractivity contribution < 1.29 is 14.3 Å². The van der Waals surface area contributed by atoms with Crippen molar-refractivity contribution in [2.45, 2.75) is 12.5 Å². The Kier molecular flexibility index (Phi) is 5.83. The van der Waals surface area contributed by atoms with Crippen LogP contribution in [0.15, 0.2) is 59.1 Å². The molecule has 2 aromatic rings. The van der Waals surface area contributed by atoms with Gasteiger partial charge in [0.1, 0.15) is 0 Å². The number of rotatable bonds is 7. The third-order valence-electron chi connectivity index (χ3n) is 4.05. The van der Waals surface area contributed by atoms with Crippen LogP contribution >= 0.6 is 15.9 Å². The lowest BCUT2D eigenvalue weighted by Crippen LogP contribution is -2.36. The molecule has 2 aromatic carbocycles. The topological polar surface area (TPSA) is 58.6 Å². The van der Waals surface area contributed by atoms with Gasteiger partial charge in [0.25, 0.3) is 5.91 Å². The van der Waals surface area contributed by atoms with Gasteiger partial charge in [0.05, 0.1) is 0 Å². The first-order chi connectivity index (χ1) is 12.1. The molecule has 0 bridgehead atoms. The molecule has 0 radical (unpaired) electrons. The predicted octanol–water partition coefficient (Wildman–Crippen LogP) is 3.30. The molecule has 0 aromatic heterocycles. The molecule has 130 valence electrons. The number of halogens is 1. The van der Waals surface area contributed by atoms with Crippen LogP contribution in [-0.2, 0) is 16.0 Å². The van der Waals surface area contributed by atoms with E-state index in [1.54, 1.807) is 12.1 Å². The Balaban J connectivity index is 1.47. The molecule has 5 nitrogen and oxygen atoms in total. The SMILES string of the molecule is O=C1OC(c2ccc(Br)cc2)C(=O)N1CCNCCc1ccccc1. The van der Waals surface area contributed by atoms with E-state index in [0.717, 1.165) is 17.4 Å². The average molecular weight is 403 g/mol. The Hall–Kier alpha value is -2.18. The summed E-state index contributed by atoms with van der Waals surface area (Å²) in [6.07, 6.45) is -0.520. The summed E-state index contributed by atoms with van der Waals surface area (Å²) >= 11 is 3.35. The van der Waals surface area contributed by atoms with E-state index in [2.05, 4.69) is 33.4 Å². The lowest BCUT2D eigenvalue weighted by atomic mass is 10.1. The molecule has 6 heteroatoms. The van der Waals surface area contributed by atoms with Gasteiger partial charge in [-0.25, -0.2) is 9.69 Å². The molecule has 1 saturated heterocycles. The van der Waals surface area contributed by atoms with Gasteiger partial charge in [-0.1, -0.05) is 58.4 Å². The average Bonchev–Trinajstić information content (AvgIpc) is 2.91. The van der Waals surface area contributed by atoms with Crippen LogP contribution in [-0.4, -0.2) is 36.5 Å². The number of imide groups is 1. The van der Waals surface area contributed by atoms with E-state index in [-0.39, 0.29) is 5.91 Å².